The van der Waals surface area contributed by atoms with Gasteiger partial charge in [0.25, 0.3) is 0 Å². The zero-order valence-electron chi connectivity index (χ0n) is 13.8. The Morgan fingerprint density at radius 3 is 2.40 bits per heavy atom. The van der Waals surface area contributed by atoms with E-state index in [1.807, 2.05) is 79.7 Å². The van der Waals surface area contributed by atoms with Crippen molar-refractivity contribution in [1.29, 1.82) is 0 Å². The molecular formula is C21H17N3O. The molecule has 1 aromatic heterocycles. The van der Waals surface area contributed by atoms with Crippen molar-refractivity contribution in [2.24, 2.45) is 0 Å². The van der Waals surface area contributed by atoms with Gasteiger partial charge in [0.15, 0.2) is 0 Å². The number of rotatable bonds is 4. The van der Waals surface area contributed by atoms with E-state index in [0.29, 0.717) is 0 Å². The van der Waals surface area contributed by atoms with Gasteiger partial charge in [0.1, 0.15) is 23.6 Å². The van der Waals surface area contributed by atoms with E-state index >= 15 is 0 Å². The van der Waals surface area contributed by atoms with Crippen LogP contribution in [0.3, 0.4) is 0 Å². The first-order valence-electron chi connectivity index (χ1n) is 8.10. The zero-order valence-corrected chi connectivity index (χ0v) is 13.8. The molecule has 0 bridgehead atoms. The van der Waals surface area contributed by atoms with Crippen molar-refractivity contribution in [2.45, 2.75) is 6.92 Å². The van der Waals surface area contributed by atoms with E-state index in [2.05, 4.69) is 15.3 Å². The van der Waals surface area contributed by atoms with Gasteiger partial charge in [-0.1, -0.05) is 30.3 Å². The highest BCUT2D eigenvalue weighted by Crippen LogP contribution is 2.27. The minimum atomic E-state index is 0.790. The van der Waals surface area contributed by atoms with E-state index in [0.717, 1.165) is 39.5 Å². The summed E-state index contributed by atoms with van der Waals surface area (Å²) in [5.41, 5.74) is 2.97. The molecule has 1 N–H and O–H groups in total. The van der Waals surface area contributed by atoms with E-state index in [1.54, 1.807) is 6.33 Å². The summed E-state index contributed by atoms with van der Waals surface area (Å²) in [6, 6.07) is 23.7. The van der Waals surface area contributed by atoms with Crippen LogP contribution < -0.4 is 10.1 Å². The molecule has 0 unspecified atom stereocenters. The number of hydrogen-bond donors (Lipinski definition) is 1. The summed E-state index contributed by atoms with van der Waals surface area (Å²) in [7, 11) is 0. The Morgan fingerprint density at radius 1 is 0.800 bits per heavy atom. The molecule has 0 saturated carbocycles. The Balaban J connectivity index is 1.55. The van der Waals surface area contributed by atoms with E-state index in [9.17, 15) is 0 Å². The number of para-hydroxylation sites is 2. The summed E-state index contributed by atoms with van der Waals surface area (Å²) in [5, 5.41) is 4.33. The molecule has 0 aliphatic heterocycles. The molecule has 0 saturated heterocycles. The second kappa shape index (κ2) is 6.61. The number of benzene rings is 3. The van der Waals surface area contributed by atoms with Gasteiger partial charge >= 0.3 is 0 Å². The highest BCUT2D eigenvalue weighted by atomic mass is 16.5. The number of ether oxygens (including phenoxy) is 1. The quantitative estimate of drug-likeness (QED) is 0.539. The van der Waals surface area contributed by atoms with Crippen LogP contribution in [-0.4, -0.2) is 9.97 Å². The number of hydrogen-bond acceptors (Lipinski definition) is 4. The highest BCUT2D eigenvalue weighted by Gasteiger charge is 2.04. The van der Waals surface area contributed by atoms with Crippen molar-refractivity contribution in [1.82, 2.24) is 9.97 Å². The molecule has 25 heavy (non-hydrogen) atoms. The third-order valence-corrected chi connectivity index (χ3v) is 3.98. The summed E-state index contributed by atoms with van der Waals surface area (Å²) in [5.74, 6) is 2.45. The van der Waals surface area contributed by atoms with Crippen molar-refractivity contribution < 1.29 is 4.74 Å². The Hall–Kier alpha value is -3.40. The van der Waals surface area contributed by atoms with Crippen LogP contribution in [0, 0.1) is 6.92 Å². The first-order valence-corrected chi connectivity index (χ1v) is 8.10. The third-order valence-electron chi connectivity index (χ3n) is 3.98. The number of anilines is 2. The van der Waals surface area contributed by atoms with Crippen LogP contribution in [0.4, 0.5) is 11.5 Å². The van der Waals surface area contributed by atoms with Gasteiger partial charge in [-0.15, -0.1) is 0 Å². The molecule has 1 heterocycles. The summed E-state index contributed by atoms with van der Waals surface area (Å²) in [4.78, 5) is 8.63. The van der Waals surface area contributed by atoms with Crippen molar-refractivity contribution >= 4 is 22.4 Å². The van der Waals surface area contributed by atoms with Gasteiger partial charge in [0.2, 0.25) is 0 Å². The highest BCUT2D eigenvalue weighted by molar-refractivity contribution is 5.90. The van der Waals surface area contributed by atoms with Gasteiger partial charge in [-0.05, 0) is 55.0 Å². The molecule has 4 aromatic rings. The zero-order chi connectivity index (χ0) is 17.1. The van der Waals surface area contributed by atoms with Gasteiger partial charge < -0.3 is 10.1 Å². The minimum absolute atomic E-state index is 0.790. The predicted molar refractivity (Wildman–Crippen MR) is 101 cm³/mol. The molecular weight excluding hydrogens is 310 g/mol. The lowest BCUT2D eigenvalue weighted by Crippen LogP contribution is -1.96. The Kier molecular flexibility index (Phi) is 4.01. The first kappa shape index (κ1) is 15.1. The molecule has 0 aliphatic carbocycles. The molecule has 0 spiro atoms. The Bertz CT molecular complexity index is 1010. The van der Waals surface area contributed by atoms with Crippen LogP contribution in [0.25, 0.3) is 10.9 Å². The fraction of sp³-hybridized carbons (Fsp3) is 0.0476. The second-order valence-electron chi connectivity index (χ2n) is 5.76. The molecule has 122 valence electrons. The molecule has 0 aliphatic rings. The number of nitrogens with zero attached hydrogens (tertiary/aromatic N) is 2. The van der Waals surface area contributed by atoms with Crippen molar-refractivity contribution in [3.8, 4) is 11.5 Å². The van der Waals surface area contributed by atoms with Crippen LogP contribution in [-0.2, 0) is 0 Å². The van der Waals surface area contributed by atoms with Gasteiger partial charge in [0.05, 0.1) is 5.52 Å². The van der Waals surface area contributed by atoms with Gasteiger partial charge in [0, 0.05) is 11.1 Å². The van der Waals surface area contributed by atoms with Crippen LogP contribution in [0.1, 0.15) is 5.56 Å². The van der Waals surface area contributed by atoms with Crippen LogP contribution in [0.15, 0.2) is 79.1 Å². The number of aryl methyl sites for hydroxylation is 1. The average Bonchev–Trinajstić information content (AvgIpc) is 2.65. The summed E-state index contributed by atoms with van der Waals surface area (Å²) in [6.45, 7) is 2.03. The van der Waals surface area contributed by atoms with E-state index in [1.165, 1.54) is 0 Å². The smallest absolute Gasteiger partial charge is 0.141 e. The molecule has 0 radical (unpaired) electrons. The summed E-state index contributed by atoms with van der Waals surface area (Å²) in [6.07, 6.45) is 1.57. The van der Waals surface area contributed by atoms with E-state index in [-0.39, 0.29) is 0 Å². The lowest BCUT2D eigenvalue weighted by Gasteiger charge is -2.11. The fourth-order valence-corrected chi connectivity index (χ4v) is 2.65. The maximum absolute atomic E-state index is 5.93. The third kappa shape index (κ3) is 3.28. The molecule has 0 amide bonds. The fourth-order valence-electron chi connectivity index (χ4n) is 2.65. The van der Waals surface area contributed by atoms with Gasteiger partial charge in [-0.3, -0.25) is 0 Å². The SMILES string of the molecule is Cc1ccccc1Oc1ccc(Nc2ncnc3ccccc23)cc1. The van der Waals surface area contributed by atoms with Crippen LogP contribution in [0.2, 0.25) is 0 Å². The van der Waals surface area contributed by atoms with Crippen LogP contribution >= 0.6 is 0 Å². The summed E-state index contributed by atoms with van der Waals surface area (Å²) < 4.78 is 5.93. The van der Waals surface area contributed by atoms with E-state index < -0.39 is 0 Å². The predicted octanol–water partition coefficient (Wildman–Crippen LogP) is 5.47. The van der Waals surface area contributed by atoms with Gasteiger partial charge in [-0.25, -0.2) is 9.97 Å². The molecule has 4 rings (SSSR count). The van der Waals surface area contributed by atoms with Crippen molar-refractivity contribution in [3.05, 3.63) is 84.7 Å². The van der Waals surface area contributed by atoms with Crippen LogP contribution in [0.5, 0.6) is 11.5 Å². The van der Waals surface area contributed by atoms with E-state index in [4.69, 9.17) is 4.74 Å². The lowest BCUT2D eigenvalue weighted by atomic mass is 10.2. The summed E-state index contributed by atoms with van der Waals surface area (Å²) >= 11 is 0. The second-order valence-corrected chi connectivity index (χ2v) is 5.76. The largest absolute Gasteiger partial charge is 0.457 e. The van der Waals surface area contributed by atoms with Crippen molar-refractivity contribution in [2.75, 3.05) is 5.32 Å². The Labute approximate surface area is 146 Å². The maximum atomic E-state index is 5.93. The number of fused-ring (bicyclic) bond motifs is 1. The normalized spacial score (nSPS) is 10.6. The molecule has 3 aromatic carbocycles. The maximum Gasteiger partial charge on any atom is 0.141 e. The first-order chi connectivity index (χ1) is 12.3. The lowest BCUT2D eigenvalue weighted by molar-refractivity contribution is 0.479. The average molecular weight is 327 g/mol. The van der Waals surface area contributed by atoms with Crippen molar-refractivity contribution in [3.63, 3.8) is 0 Å². The number of aromatic nitrogens is 2. The molecule has 4 heteroatoms. The topological polar surface area (TPSA) is 47.0 Å². The monoisotopic (exact) mass is 327 g/mol. The standard InChI is InChI=1S/C21H17N3O/c1-15-6-2-5-9-20(15)25-17-12-10-16(11-13-17)24-21-18-7-3-4-8-19(18)22-14-23-21/h2-14H,1H3,(H,22,23,24). The minimum Gasteiger partial charge on any atom is -0.457 e. The molecule has 0 atom stereocenters. The Morgan fingerprint density at radius 2 is 1.56 bits per heavy atom. The van der Waals surface area contributed by atoms with Gasteiger partial charge in [-0.2, -0.15) is 0 Å². The molecule has 4 nitrogen and oxygen atoms in total. The number of nitrogens with one attached hydrogen (secondary N) is 1. The molecule has 0 fully saturated rings.